The van der Waals surface area contributed by atoms with Gasteiger partial charge in [-0.2, -0.15) is 0 Å². The Kier molecular flexibility index (Phi) is 6.98. The summed E-state index contributed by atoms with van der Waals surface area (Å²) in [5, 5.41) is 0. The van der Waals surface area contributed by atoms with Crippen LogP contribution in [0.4, 0.5) is 4.39 Å². The molecule has 0 aromatic carbocycles. The molecule has 0 fully saturated rings. The lowest BCUT2D eigenvalue weighted by atomic mass is 10.1. The molecule has 0 amide bonds. The molecule has 0 spiro atoms. The van der Waals surface area contributed by atoms with Crippen molar-refractivity contribution in [2.45, 2.75) is 27.2 Å². The second-order valence-electron chi connectivity index (χ2n) is 3.63. The largest absolute Gasteiger partial charge is 0.206 e. The van der Waals surface area contributed by atoms with Gasteiger partial charge in [0, 0.05) is 10.1 Å². The first-order valence-corrected chi connectivity index (χ1v) is 5.93. The van der Waals surface area contributed by atoms with Crippen molar-refractivity contribution in [3.8, 4) is 0 Å². The zero-order chi connectivity index (χ0) is 12.7. The van der Waals surface area contributed by atoms with E-state index in [0.717, 1.165) is 12.0 Å². The van der Waals surface area contributed by atoms with E-state index in [1.807, 2.05) is 26.0 Å². The van der Waals surface area contributed by atoms with Crippen LogP contribution in [-0.4, -0.2) is 0 Å². The molecule has 0 unspecified atom stereocenters. The first kappa shape index (κ1) is 15.1. The van der Waals surface area contributed by atoms with Crippen molar-refractivity contribution in [2.75, 3.05) is 0 Å². The predicted octanol–water partition coefficient (Wildman–Crippen LogP) is 5.61. The van der Waals surface area contributed by atoms with Gasteiger partial charge >= 0.3 is 0 Å². The molecule has 0 rings (SSSR count). The van der Waals surface area contributed by atoms with Gasteiger partial charge in [-0.05, 0) is 31.9 Å². The Hall–Kier alpha value is -0.890. The summed E-state index contributed by atoms with van der Waals surface area (Å²) in [5.41, 5.74) is 2.46. The number of halogens is 2. The number of hydrogen-bond donors (Lipinski definition) is 0. The monoisotopic (exact) mass is 284 g/mol. The Morgan fingerprint density at radius 2 is 1.81 bits per heavy atom. The smallest absolute Gasteiger partial charge is 0.131 e. The van der Waals surface area contributed by atoms with Crippen LogP contribution in [0.1, 0.15) is 27.2 Å². The predicted molar refractivity (Wildman–Crippen MR) is 74.2 cm³/mol. The SMILES string of the molecule is C=C(Br)/C=C(/F)C(=C)/C(C)=C/C=C(\C)CC. The van der Waals surface area contributed by atoms with Gasteiger partial charge < -0.3 is 0 Å². The molecule has 0 N–H and O–H groups in total. The molecule has 0 radical (unpaired) electrons. The van der Waals surface area contributed by atoms with E-state index in [9.17, 15) is 4.39 Å². The molecule has 0 heterocycles. The molecular weight excluding hydrogens is 267 g/mol. The van der Waals surface area contributed by atoms with Crippen LogP contribution in [0.3, 0.4) is 0 Å². The summed E-state index contributed by atoms with van der Waals surface area (Å²) in [6.45, 7) is 13.2. The first-order valence-electron chi connectivity index (χ1n) is 5.13. The minimum Gasteiger partial charge on any atom is -0.206 e. The molecule has 0 aromatic heterocycles. The van der Waals surface area contributed by atoms with Crippen molar-refractivity contribution in [3.05, 3.63) is 58.4 Å². The maximum atomic E-state index is 13.5. The number of allylic oxidation sites excluding steroid dienone is 8. The maximum absolute atomic E-state index is 13.5. The molecule has 88 valence electrons. The molecule has 0 aliphatic rings. The molecule has 0 aromatic rings. The molecule has 0 saturated heterocycles. The van der Waals surface area contributed by atoms with E-state index in [-0.39, 0.29) is 5.83 Å². The molecule has 0 atom stereocenters. The van der Waals surface area contributed by atoms with Crippen LogP contribution in [0, 0.1) is 0 Å². The fourth-order valence-electron chi connectivity index (χ4n) is 0.899. The van der Waals surface area contributed by atoms with Crippen molar-refractivity contribution >= 4 is 15.9 Å². The molecule has 16 heavy (non-hydrogen) atoms. The van der Waals surface area contributed by atoms with E-state index in [1.165, 1.54) is 11.6 Å². The van der Waals surface area contributed by atoms with Crippen LogP contribution in [0.15, 0.2) is 58.4 Å². The molecular formula is C14H18BrF. The van der Waals surface area contributed by atoms with Gasteiger partial charge in [-0.15, -0.1) is 0 Å². The van der Waals surface area contributed by atoms with E-state index in [1.54, 1.807) is 0 Å². The number of rotatable bonds is 5. The van der Waals surface area contributed by atoms with Crippen molar-refractivity contribution in [1.82, 2.24) is 0 Å². The lowest BCUT2D eigenvalue weighted by molar-refractivity contribution is 0.655. The van der Waals surface area contributed by atoms with Crippen LogP contribution in [-0.2, 0) is 0 Å². The summed E-state index contributed by atoms with van der Waals surface area (Å²) in [6.07, 6.45) is 6.17. The highest BCUT2D eigenvalue weighted by atomic mass is 79.9. The Labute approximate surface area is 106 Å². The Morgan fingerprint density at radius 1 is 1.25 bits per heavy atom. The third kappa shape index (κ3) is 5.86. The molecule has 0 nitrogen and oxygen atoms in total. The highest BCUT2D eigenvalue weighted by Crippen LogP contribution is 2.21. The van der Waals surface area contributed by atoms with E-state index < -0.39 is 0 Å². The zero-order valence-corrected chi connectivity index (χ0v) is 11.7. The van der Waals surface area contributed by atoms with Gasteiger partial charge in [0.25, 0.3) is 0 Å². The molecule has 0 aliphatic heterocycles. The van der Waals surface area contributed by atoms with Gasteiger partial charge in [-0.1, -0.05) is 53.7 Å². The van der Waals surface area contributed by atoms with Gasteiger partial charge in [-0.25, -0.2) is 4.39 Å². The van der Waals surface area contributed by atoms with E-state index in [0.29, 0.717) is 10.1 Å². The summed E-state index contributed by atoms with van der Waals surface area (Å²) >= 11 is 3.08. The maximum Gasteiger partial charge on any atom is 0.131 e. The average Bonchev–Trinajstić information content (AvgIpc) is 2.23. The highest BCUT2D eigenvalue weighted by Gasteiger charge is 2.03. The third-order valence-electron chi connectivity index (χ3n) is 2.22. The lowest BCUT2D eigenvalue weighted by Gasteiger charge is -2.02. The van der Waals surface area contributed by atoms with Crippen molar-refractivity contribution in [2.24, 2.45) is 0 Å². The normalized spacial score (nSPS) is 13.9. The van der Waals surface area contributed by atoms with Crippen molar-refractivity contribution in [1.29, 1.82) is 0 Å². The Bertz CT molecular complexity index is 370. The van der Waals surface area contributed by atoms with E-state index >= 15 is 0 Å². The summed E-state index contributed by atoms with van der Waals surface area (Å²) in [6, 6.07) is 0. The van der Waals surface area contributed by atoms with Crippen LogP contribution in [0.25, 0.3) is 0 Å². The zero-order valence-electron chi connectivity index (χ0n) is 10.1. The van der Waals surface area contributed by atoms with E-state index in [4.69, 9.17) is 0 Å². The lowest BCUT2D eigenvalue weighted by Crippen LogP contribution is -1.85. The Balaban J connectivity index is 4.81. The fraction of sp³-hybridized carbons (Fsp3) is 0.286. The second-order valence-corrected chi connectivity index (χ2v) is 4.65. The third-order valence-corrected chi connectivity index (χ3v) is 2.45. The van der Waals surface area contributed by atoms with Gasteiger partial charge in [0.15, 0.2) is 0 Å². The van der Waals surface area contributed by atoms with Crippen LogP contribution >= 0.6 is 15.9 Å². The minimum atomic E-state index is -0.363. The van der Waals surface area contributed by atoms with E-state index in [2.05, 4.69) is 36.0 Å². The van der Waals surface area contributed by atoms with Crippen LogP contribution < -0.4 is 0 Å². The summed E-state index contributed by atoms with van der Waals surface area (Å²) in [4.78, 5) is 0. The summed E-state index contributed by atoms with van der Waals surface area (Å²) in [7, 11) is 0. The molecule has 2 heteroatoms. The minimum absolute atomic E-state index is 0.363. The van der Waals surface area contributed by atoms with Crippen molar-refractivity contribution < 1.29 is 4.39 Å². The van der Waals surface area contributed by atoms with Gasteiger partial charge in [0.1, 0.15) is 5.83 Å². The summed E-state index contributed by atoms with van der Waals surface area (Å²) in [5.74, 6) is -0.363. The fourth-order valence-corrected chi connectivity index (χ4v) is 1.10. The molecule has 0 saturated carbocycles. The quantitative estimate of drug-likeness (QED) is 0.576. The van der Waals surface area contributed by atoms with Crippen molar-refractivity contribution in [3.63, 3.8) is 0 Å². The van der Waals surface area contributed by atoms with Gasteiger partial charge in [0.05, 0.1) is 0 Å². The standard InChI is InChI=1S/C14H18BrF/c1-6-10(2)7-8-11(3)13(5)14(16)9-12(4)15/h7-9H,4-6H2,1-3H3/b10-7+,11-8+,14-9+. The molecule has 0 bridgehead atoms. The summed E-state index contributed by atoms with van der Waals surface area (Å²) < 4.78 is 14.0. The topological polar surface area (TPSA) is 0 Å². The average molecular weight is 285 g/mol. The Morgan fingerprint density at radius 3 is 2.25 bits per heavy atom. The van der Waals surface area contributed by atoms with Crippen LogP contribution in [0.2, 0.25) is 0 Å². The number of hydrogen-bond acceptors (Lipinski definition) is 0. The van der Waals surface area contributed by atoms with Gasteiger partial charge in [-0.3, -0.25) is 0 Å². The van der Waals surface area contributed by atoms with Gasteiger partial charge in [0.2, 0.25) is 0 Å². The first-order chi connectivity index (χ1) is 7.38. The molecule has 0 aliphatic carbocycles. The second kappa shape index (κ2) is 7.39. The highest BCUT2D eigenvalue weighted by molar-refractivity contribution is 9.11. The van der Waals surface area contributed by atoms with Crippen LogP contribution in [0.5, 0.6) is 0 Å².